The summed E-state index contributed by atoms with van der Waals surface area (Å²) in [6, 6.07) is 11.7. The molecule has 9 heteroatoms. The molecule has 0 bridgehead atoms. The second-order valence-corrected chi connectivity index (χ2v) is 10.3. The monoisotopic (exact) mass is 471 g/mol. The van der Waals surface area contributed by atoms with Crippen molar-refractivity contribution >= 4 is 27.5 Å². The number of rotatable bonds is 7. The first-order valence-corrected chi connectivity index (χ1v) is 12.6. The molecule has 176 valence electrons. The minimum Gasteiger partial charge on any atom is -0.497 e. The molecular formula is C24H29N3O5S. The fourth-order valence-electron chi connectivity index (χ4n) is 4.54. The van der Waals surface area contributed by atoms with E-state index in [-0.39, 0.29) is 23.1 Å². The number of hydrogen-bond donors (Lipinski definition) is 1. The summed E-state index contributed by atoms with van der Waals surface area (Å²) in [4.78, 5) is 27.0. The number of methoxy groups -OCH3 is 1. The van der Waals surface area contributed by atoms with E-state index in [2.05, 4.69) is 5.32 Å². The molecule has 0 spiro atoms. The fraction of sp³-hybridized carbons (Fsp3) is 0.417. The summed E-state index contributed by atoms with van der Waals surface area (Å²) < 4.78 is 32.6. The number of benzene rings is 2. The minimum absolute atomic E-state index is 0.214. The second-order valence-electron chi connectivity index (χ2n) is 8.40. The van der Waals surface area contributed by atoms with Gasteiger partial charge in [0, 0.05) is 38.7 Å². The van der Waals surface area contributed by atoms with Crippen LogP contribution < -0.4 is 15.0 Å². The Hall–Kier alpha value is -2.91. The van der Waals surface area contributed by atoms with Gasteiger partial charge in [-0.2, -0.15) is 4.31 Å². The molecule has 2 heterocycles. The molecule has 1 atom stereocenters. The Labute approximate surface area is 194 Å². The lowest BCUT2D eigenvalue weighted by Gasteiger charge is -2.23. The van der Waals surface area contributed by atoms with Crippen molar-refractivity contribution in [3.05, 3.63) is 53.6 Å². The van der Waals surface area contributed by atoms with E-state index in [4.69, 9.17) is 4.74 Å². The van der Waals surface area contributed by atoms with Gasteiger partial charge in [-0.25, -0.2) is 8.42 Å². The molecule has 0 radical (unpaired) electrons. The third-order valence-corrected chi connectivity index (χ3v) is 8.12. The Kier molecular flexibility index (Phi) is 6.71. The number of ether oxygens (including phenoxy) is 1. The largest absolute Gasteiger partial charge is 0.497 e. The summed E-state index contributed by atoms with van der Waals surface area (Å²) in [6.45, 7) is 2.88. The van der Waals surface area contributed by atoms with Crippen molar-refractivity contribution in [3.63, 3.8) is 0 Å². The predicted molar refractivity (Wildman–Crippen MR) is 125 cm³/mol. The van der Waals surface area contributed by atoms with E-state index >= 15 is 0 Å². The highest BCUT2D eigenvalue weighted by Crippen LogP contribution is 2.35. The number of sulfonamides is 1. The molecule has 2 amide bonds. The fourth-order valence-corrected chi connectivity index (χ4v) is 6.11. The summed E-state index contributed by atoms with van der Waals surface area (Å²) in [5.74, 6) is 0.248. The van der Waals surface area contributed by atoms with E-state index < -0.39 is 16.1 Å². The minimum atomic E-state index is -3.57. The number of anilines is 1. The molecule has 2 aliphatic heterocycles. The van der Waals surface area contributed by atoms with Gasteiger partial charge in [0.05, 0.1) is 12.0 Å². The average molecular weight is 472 g/mol. The standard InChI is InChI=1S/C24H29N3O5S/c1-17(28)27-22-9-8-21(33(30,31)26-12-3-4-13-26)15-19(22)16-23(27)24(29)25-11-10-18-6-5-7-20(14-18)32-2/h5-9,14-15,23H,3-4,10-13,16H2,1-2H3,(H,25,29). The summed E-state index contributed by atoms with van der Waals surface area (Å²) >= 11 is 0. The zero-order valence-electron chi connectivity index (χ0n) is 18.9. The van der Waals surface area contributed by atoms with Crippen molar-refractivity contribution in [2.24, 2.45) is 0 Å². The van der Waals surface area contributed by atoms with Crippen molar-refractivity contribution in [2.75, 3.05) is 31.6 Å². The third kappa shape index (κ3) is 4.74. The lowest BCUT2D eigenvalue weighted by atomic mass is 10.1. The normalized spacial score (nSPS) is 18.2. The number of nitrogens with zero attached hydrogens (tertiary/aromatic N) is 2. The van der Waals surface area contributed by atoms with E-state index in [1.807, 2.05) is 24.3 Å². The molecule has 1 fully saturated rings. The average Bonchev–Trinajstić information content (AvgIpc) is 3.47. The van der Waals surface area contributed by atoms with Gasteiger partial charge in [0.1, 0.15) is 11.8 Å². The van der Waals surface area contributed by atoms with Crippen LogP contribution in [-0.2, 0) is 32.5 Å². The second kappa shape index (κ2) is 9.52. The predicted octanol–water partition coefficient (Wildman–Crippen LogP) is 2.12. The van der Waals surface area contributed by atoms with Crippen LogP contribution in [0.2, 0.25) is 0 Å². The Bertz CT molecular complexity index is 1160. The van der Waals surface area contributed by atoms with Gasteiger partial charge in [0.2, 0.25) is 21.8 Å². The molecule has 1 N–H and O–H groups in total. The lowest BCUT2D eigenvalue weighted by molar-refractivity contribution is -0.125. The van der Waals surface area contributed by atoms with Gasteiger partial charge in [0.25, 0.3) is 0 Å². The zero-order valence-corrected chi connectivity index (χ0v) is 19.7. The first kappa shape index (κ1) is 23.3. The van der Waals surface area contributed by atoms with Gasteiger partial charge < -0.3 is 10.1 Å². The number of amides is 2. The summed E-state index contributed by atoms with van der Waals surface area (Å²) in [6.07, 6.45) is 2.63. The van der Waals surface area contributed by atoms with Crippen LogP contribution in [0.5, 0.6) is 5.75 Å². The highest BCUT2D eigenvalue weighted by atomic mass is 32.2. The van der Waals surface area contributed by atoms with Gasteiger partial charge in [-0.15, -0.1) is 0 Å². The van der Waals surface area contributed by atoms with Crippen LogP contribution in [0.3, 0.4) is 0 Å². The van der Waals surface area contributed by atoms with E-state index in [1.54, 1.807) is 19.2 Å². The van der Waals surface area contributed by atoms with Crippen molar-refractivity contribution in [2.45, 2.75) is 43.5 Å². The van der Waals surface area contributed by atoms with E-state index in [0.717, 1.165) is 24.2 Å². The first-order valence-electron chi connectivity index (χ1n) is 11.1. The molecular weight excluding hydrogens is 442 g/mol. The molecule has 4 rings (SSSR count). The van der Waals surface area contributed by atoms with Crippen LogP contribution in [0.15, 0.2) is 47.4 Å². The summed E-state index contributed by atoms with van der Waals surface area (Å²) in [5.41, 5.74) is 2.32. The van der Waals surface area contributed by atoms with E-state index in [9.17, 15) is 18.0 Å². The number of carbonyl (C=O) groups excluding carboxylic acids is 2. The van der Waals surface area contributed by atoms with Gasteiger partial charge in [-0.1, -0.05) is 12.1 Å². The summed E-state index contributed by atoms with van der Waals surface area (Å²) in [7, 11) is -1.96. The molecule has 2 aromatic carbocycles. The number of carbonyl (C=O) groups is 2. The maximum Gasteiger partial charge on any atom is 0.243 e. The molecule has 0 aromatic heterocycles. The van der Waals surface area contributed by atoms with Crippen LogP contribution in [0.1, 0.15) is 30.9 Å². The Morgan fingerprint density at radius 1 is 1.12 bits per heavy atom. The number of hydrogen-bond acceptors (Lipinski definition) is 5. The highest BCUT2D eigenvalue weighted by Gasteiger charge is 2.38. The van der Waals surface area contributed by atoms with Crippen LogP contribution in [0, 0.1) is 0 Å². The molecule has 2 aliphatic rings. The zero-order chi connectivity index (χ0) is 23.6. The molecule has 2 aromatic rings. The molecule has 1 saturated heterocycles. The highest BCUT2D eigenvalue weighted by molar-refractivity contribution is 7.89. The Morgan fingerprint density at radius 3 is 2.58 bits per heavy atom. The van der Waals surface area contributed by atoms with Crippen LogP contribution >= 0.6 is 0 Å². The number of nitrogens with one attached hydrogen (secondary N) is 1. The van der Waals surface area contributed by atoms with Crippen LogP contribution in [0.25, 0.3) is 0 Å². The number of fused-ring (bicyclic) bond motifs is 1. The van der Waals surface area contributed by atoms with Gasteiger partial charge in [-0.3, -0.25) is 14.5 Å². The quantitative estimate of drug-likeness (QED) is 0.667. The molecule has 0 aliphatic carbocycles. The van der Waals surface area contributed by atoms with E-state index in [0.29, 0.717) is 37.3 Å². The summed E-state index contributed by atoms with van der Waals surface area (Å²) in [5, 5.41) is 2.92. The van der Waals surface area contributed by atoms with E-state index in [1.165, 1.54) is 22.2 Å². The lowest BCUT2D eigenvalue weighted by Crippen LogP contribution is -2.47. The topological polar surface area (TPSA) is 96.0 Å². The van der Waals surface area contributed by atoms with Crippen LogP contribution in [0.4, 0.5) is 5.69 Å². The Morgan fingerprint density at radius 2 is 1.88 bits per heavy atom. The van der Waals surface area contributed by atoms with Crippen molar-refractivity contribution in [1.29, 1.82) is 0 Å². The first-order chi connectivity index (χ1) is 15.8. The molecule has 1 unspecified atom stereocenters. The maximum absolute atomic E-state index is 13.0. The molecule has 8 nitrogen and oxygen atoms in total. The smallest absolute Gasteiger partial charge is 0.243 e. The van der Waals surface area contributed by atoms with Gasteiger partial charge in [0.15, 0.2) is 0 Å². The Balaban J connectivity index is 1.47. The van der Waals surface area contributed by atoms with Crippen molar-refractivity contribution in [3.8, 4) is 5.75 Å². The SMILES string of the molecule is COc1cccc(CCNC(=O)C2Cc3cc(S(=O)(=O)N4CCCC4)ccc3N2C(C)=O)c1. The van der Waals surface area contributed by atoms with Crippen molar-refractivity contribution < 1.29 is 22.7 Å². The van der Waals surface area contributed by atoms with Crippen LogP contribution in [-0.4, -0.2) is 57.3 Å². The van der Waals surface area contributed by atoms with Gasteiger partial charge >= 0.3 is 0 Å². The molecule has 0 saturated carbocycles. The third-order valence-electron chi connectivity index (χ3n) is 6.23. The van der Waals surface area contributed by atoms with Crippen molar-refractivity contribution in [1.82, 2.24) is 9.62 Å². The van der Waals surface area contributed by atoms with Gasteiger partial charge in [-0.05, 0) is 60.7 Å². The maximum atomic E-state index is 13.0. The molecule has 33 heavy (non-hydrogen) atoms.